The van der Waals surface area contributed by atoms with Crippen LogP contribution in [0.3, 0.4) is 0 Å². The number of carbonyl (C=O) groups excluding carboxylic acids is 2. The number of benzene rings is 3. The fourth-order valence-corrected chi connectivity index (χ4v) is 5.74. The third-order valence-corrected chi connectivity index (χ3v) is 8.20. The van der Waals surface area contributed by atoms with Gasteiger partial charge in [-0.1, -0.05) is 59.6 Å². The zero-order valence-corrected chi connectivity index (χ0v) is 23.6. The van der Waals surface area contributed by atoms with Gasteiger partial charge >= 0.3 is 6.18 Å². The second-order valence-corrected chi connectivity index (χ2v) is 11.3. The molecular weight excluding hydrogens is 567 g/mol. The van der Waals surface area contributed by atoms with E-state index in [2.05, 4.69) is 5.32 Å². The van der Waals surface area contributed by atoms with Gasteiger partial charge < -0.3 is 10.2 Å². The van der Waals surface area contributed by atoms with Crippen molar-refractivity contribution >= 4 is 39.1 Å². The molecule has 12 heteroatoms. The first-order chi connectivity index (χ1) is 18.8. The van der Waals surface area contributed by atoms with E-state index in [0.29, 0.717) is 22.5 Å². The molecule has 0 aromatic heterocycles. The molecule has 214 valence electrons. The van der Waals surface area contributed by atoms with Crippen LogP contribution in [0.4, 0.5) is 18.9 Å². The summed E-state index contributed by atoms with van der Waals surface area (Å²) in [6, 6.07) is 15.4. The van der Waals surface area contributed by atoms with Crippen LogP contribution < -0.4 is 9.62 Å². The molecule has 1 unspecified atom stereocenters. The van der Waals surface area contributed by atoms with Crippen molar-refractivity contribution in [3.8, 4) is 0 Å². The van der Waals surface area contributed by atoms with E-state index in [1.54, 1.807) is 25.1 Å². The summed E-state index contributed by atoms with van der Waals surface area (Å²) in [7, 11) is -4.57. The van der Waals surface area contributed by atoms with Crippen LogP contribution in [0, 0.1) is 6.92 Å². The van der Waals surface area contributed by atoms with Crippen molar-refractivity contribution in [3.05, 3.63) is 94.5 Å². The van der Waals surface area contributed by atoms with Crippen LogP contribution in [-0.4, -0.2) is 44.3 Å². The van der Waals surface area contributed by atoms with E-state index >= 15 is 0 Å². The van der Waals surface area contributed by atoms with Crippen LogP contribution in [0.25, 0.3) is 0 Å². The van der Waals surface area contributed by atoms with Gasteiger partial charge in [-0.2, -0.15) is 13.2 Å². The van der Waals surface area contributed by atoms with E-state index in [4.69, 9.17) is 11.6 Å². The number of alkyl halides is 3. The van der Waals surface area contributed by atoms with Gasteiger partial charge in [0, 0.05) is 13.1 Å². The van der Waals surface area contributed by atoms with E-state index in [0.717, 1.165) is 17.7 Å². The van der Waals surface area contributed by atoms with Crippen LogP contribution in [0.1, 0.15) is 30.5 Å². The molecule has 0 aliphatic carbocycles. The van der Waals surface area contributed by atoms with Gasteiger partial charge in [-0.15, -0.1) is 0 Å². The molecule has 0 aliphatic rings. The molecule has 0 fully saturated rings. The lowest BCUT2D eigenvalue weighted by Crippen LogP contribution is -2.51. The largest absolute Gasteiger partial charge is 0.416 e. The highest BCUT2D eigenvalue weighted by atomic mass is 35.5. The van der Waals surface area contributed by atoms with E-state index in [1.807, 2.05) is 19.1 Å². The lowest BCUT2D eigenvalue weighted by atomic mass is 10.1. The molecule has 1 atom stereocenters. The lowest BCUT2D eigenvalue weighted by molar-refractivity contribution is -0.139. The van der Waals surface area contributed by atoms with Gasteiger partial charge in [0.15, 0.2) is 0 Å². The van der Waals surface area contributed by atoms with Crippen LogP contribution in [0.15, 0.2) is 77.7 Å². The minimum atomic E-state index is -4.80. The molecule has 7 nitrogen and oxygen atoms in total. The topological polar surface area (TPSA) is 86.8 Å². The number of nitrogens with zero attached hydrogens (tertiary/aromatic N) is 2. The third kappa shape index (κ3) is 7.33. The van der Waals surface area contributed by atoms with Crippen LogP contribution >= 0.6 is 11.6 Å². The van der Waals surface area contributed by atoms with Crippen molar-refractivity contribution in [3.63, 3.8) is 0 Å². The fraction of sp³-hybridized carbons (Fsp3) is 0.286. The Hall–Kier alpha value is -3.57. The first-order valence-corrected chi connectivity index (χ1v) is 14.1. The maximum absolute atomic E-state index is 13.8. The molecule has 3 aromatic rings. The van der Waals surface area contributed by atoms with Gasteiger partial charge in [0.1, 0.15) is 12.6 Å². The lowest BCUT2D eigenvalue weighted by Gasteiger charge is -2.32. The van der Waals surface area contributed by atoms with Gasteiger partial charge in [-0.25, -0.2) is 8.42 Å². The van der Waals surface area contributed by atoms with E-state index in [1.165, 1.54) is 36.1 Å². The summed E-state index contributed by atoms with van der Waals surface area (Å²) < 4.78 is 68.8. The Morgan fingerprint density at radius 1 is 1.00 bits per heavy atom. The normalized spacial score (nSPS) is 12.5. The van der Waals surface area contributed by atoms with Crippen molar-refractivity contribution < 1.29 is 31.2 Å². The number of anilines is 1. The smallest absolute Gasteiger partial charge is 0.355 e. The number of hydrogen-bond donors (Lipinski definition) is 1. The number of amides is 2. The average molecular weight is 596 g/mol. The number of hydrogen-bond acceptors (Lipinski definition) is 4. The van der Waals surface area contributed by atoms with Crippen molar-refractivity contribution in [1.29, 1.82) is 0 Å². The molecule has 40 heavy (non-hydrogen) atoms. The molecule has 0 bridgehead atoms. The molecule has 0 spiro atoms. The number of halogens is 4. The van der Waals surface area contributed by atoms with E-state index < -0.39 is 51.9 Å². The predicted octanol–water partition coefficient (Wildman–Crippen LogP) is 5.42. The molecule has 0 saturated heterocycles. The Morgan fingerprint density at radius 3 is 2.27 bits per heavy atom. The number of nitrogens with one attached hydrogen (secondary N) is 1. The first-order valence-electron chi connectivity index (χ1n) is 12.3. The average Bonchev–Trinajstić information content (AvgIpc) is 2.90. The van der Waals surface area contributed by atoms with Crippen LogP contribution in [0.5, 0.6) is 0 Å². The number of likely N-dealkylation sites (N-methyl/N-ethyl adjacent to an activating group) is 1. The van der Waals surface area contributed by atoms with Crippen molar-refractivity contribution in [2.75, 3.05) is 17.4 Å². The minimum absolute atomic E-state index is 0.0473. The summed E-state index contributed by atoms with van der Waals surface area (Å²) in [4.78, 5) is 27.5. The third-order valence-electron chi connectivity index (χ3n) is 6.11. The predicted molar refractivity (Wildman–Crippen MR) is 147 cm³/mol. The molecule has 0 aliphatic heterocycles. The molecule has 0 radical (unpaired) electrons. The standard InChI is InChI=1S/C28H29ClF3N3O4S/c1-4-33-27(37)20(3)34(17-21-10-8-9-19(2)15-21)26(36)18-35(40(38,39)23-11-6-5-7-12-23)25-16-22(28(30,31)32)13-14-24(25)29/h5-16,20H,4,17-18H2,1-3H3,(H,33,37). The maximum atomic E-state index is 13.8. The van der Waals surface area contributed by atoms with Gasteiger partial charge in [0.05, 0.1) is 21.2 Å². The number of sulfonamides is 1. The highest BCUT2D eigenvalue weighted by Crippen LogP contribution is 2.37. The SMILES string of the molecule is CCNC(=O)C(C)N(Cc1cccc(C)c1)C(=O)CN(c1cc(C(F)(F)F)ccc1Cl)S(=O)(=O)c1ccccc1. The zero-order valence-electron chi connectivity index (χ0n) is 22.1. The molecule has 0 heterocycles. The van der Waals surface area contributed by atoms with Gasteiger partial charge in [-0.05, 0) is 56.7 Å². The van der Waals surface area contributed by atoms with Gasteiger partial charge in [0.25, 0.3) is 10.0 Å². The molecule has 2 amide bonds. The summed E-state index contributed by atoms with van der Waals surface area (Å²) in [6.45, 7) is 4.39. The minimum Gasteiger partial charge on any atom is -0.355 e. The highest BCUT2D eigenvalue weighted by molar-refractivity contribution is 7.92. The molecule has 0 saturated carbocycles. The summed E-state index contributed by atoms with van der Waals surface area (Å²) in [5, 5.41) is 2.34. The molecular formula is C28H29ClF3N3O4S. The molecule has 1 N–H and O–H groups in total. The highest BCUT2D eigenvalue weighted by Gasteiger charge is 2.36. The molecule has 3 rings (SSSR count). The summed E-state index contributed by atoms with van der Waals surface area (Å²) >= 11 is 6.24. The second-order valence-electron chi connectivity index (χ2n) is 9.07. The summed E-state index contributed by atoms with van der Waals surface area (Å²) in [5.74, 6) is -1.29. The van der Waals surface area contributed by atoms with E-state index in [-0.39, 0.29) is 16.5 Å². The second kappa shape index (κ2) is 12.7. The fourth-order valence-electron chi connectivity index (χ4n) is 4.02. The van der Waals surface area contributed by atoms with Crippen molar-refractivity contribution in [1.82, 2.24) is 10.2 Å². The Balaban J connectivity index is 2.13. The maximum Gasteiger partial charge on any atom is 0.416 e. The Kier molecular flexibility index (Phi) is 9.86. The van der Waals surface area contributed by atoms with Crippen LogP contribution in [-0.2, 0) is 32.3 Å². The Morgan fingerprint density at radius 2 is 1.68 bits per heavy atom. The van der Waals surface area contributed by atoms with Crippen LogP contribution in [0.2, 0.25) is 5.02 Å². The van der Waals surface area contributed by atoms with Gasteiger partial charge in [-0.3, -0.25) is 13.9 Å². The monoisotopic (exact) mass is 595 g/mol. The Bertz CT molecular complexity index is 1470. The Labute approximate surface area is 236 Å². The van der Waals surface area contributed by atoms with Gasteiger partial charge in [0.2, 0.25) is 11.8 Å². The zero-order chi connectivity index (χ0) is 29.7. The summed E-state index contributed by atoms with van der Waals surface area (Å²) in [5.41, 5.74) is -0.0755. The van der Waals surface area contributed by atoms with Crippen molar-refractivity contribution in [2.45, 2.75) is 44.4 Å². The first kappa shape index (κ1) is 31.0. The number of carbonyl (C=O) groups is 2. The molecule has 3 aromatic carbocycles. The summed E-state index contributed by atoms with van der Waals surface area (Å²) in [6.07, 6.45) is -4.80. The number of aryl methyl sites for hydroxylation is 1. The van der Waals surface area contributed by atoms with Crippen molar-refractivity contribution in [2.24, 2.45) is 0 Å². The number of rotatable bonds is 10. The quantitative estimate of drug-likeness (QED) is 0.339. The van der Waals surface area contributed by atoms with E-state index in [9.17, 15) is 31.2 Å².